The molecule has 2 N–H and O–H groups in total. The molecule has 1 aromatic carbocycles. The van der Waals surface area contributed by atoms with Crippen molar-refractivity contribution in [3.05, 3.63) is 53.3 Å². The molecule has 2 heterocycles. The second-order valence-corrected chi connectivity index (χ2v) is 6.96. The second-order valence-electron chi connectivity index (χ2n) is 6.96. The number of fused-ring (bicyclic) bond motifs is 1. The summed E-state index contributed by atoms with van der Waals surface area (Å²) in [6.45, 7) is 10.8. The zero-order chi connectivity index (χ0) is 16.1. The summed E-state index contributed by atoms with van der Waals surface area (Å²) < 4.78 is 2.13. The summed E-state index contributed by atoms with van der Waals surface area (Å²) in [7, 11) is 0. The van der Waals surface area contributed by atoms with Gasteiger partial charge in [0, 0.05) is 17.0 Å². The average Bonchev–Trinajstić information content (AvgIpc) is 2.81. The van der Waals surface area contributed by atoms with Gasteiger partial charge in [0.05, 0.1) is 11.4 Å². The van der Waals surface area contributed by atoms with Crippen molar-refractivity contribution in [2.75, 3.05) is 5.73 Å². The van der Waals surface area contributed by atoms with Crippen LogP contribution in [0.15, 0.2) is 36.4 Å². The third kappa shape index (κ3) is 2.27. The molecule has 3 heteroatoms. The molecule has 0 saturated heterocycles. The Morgan fingerprint density at radius 3 is 2.14 bits per heavy atom. The van der Waals surface area contributed by atoms with Crippen molar-refractivity contribution in [3.8, 4) is 11.3 Å². The maximum atomic E-state index is 6.08. The van der Waals surface area contributed by atoms with E-state index in [1.807, 2.05) is 12.1 Å². The predicted octanol–water partition coefficient (Wildman–Crippen LogP) is 4.50. The third-order valence-electron chi connectivity index (χ3n) is 4.25. The highest BCUT2D eigenvalue weighted by Gasteiger charge is 2.16. The van der Waals surface area contributed by atoms with Gasteiger partial charge in [-0.15, -0.1) is 0 Å². The van der Waals surface area contributed by atoms with Crippen LogP contribution in [0.3, 0.4) is 0 Å². The first-order valence-electron chi connectivity index (χ1n) is 7.64. The van der Waals surface area contributed by atoms with E-state index in [0.29, 0.717) is 5.69 Å². The number of imidazole rings is 1. The summed E-state index contributed by atoms with van der Waals surface area (Å²) in [4.78, 5) is 4.77. The van der Waals surface area contributed by atoms with Gasteiger partial charge in [0.25, 0.3) is 0 Å². The molecule has 0 aliphatic carbocycles. The monoisotopic (exact) mass is 293 g/mol. The zero-order valence-electron chi connectivity index (χ0n) is 13.9. The summed E-state index contributed by atoms with van der Waals surface area (Å²) in [6.07, 6.45) is 0. The van der Waals surface area contributed by atoms with E-state index >= 15 is 0 Å². The van der Waals surface area contributed by atoms with Crippen LogP contribution in [0.25, 0.3) is 16.9 Å². The van der Waals surface area contributed by atoms with E-state index in [-0.39, 0.29) is 5.41 Å². The molecule has 0 radical (unpaired) electrons. The SMILES string of the molecule is Cc1ccc(N)c2nc(-c3ccc(C(C)(C)C)cc3)c(C)n12. The van der Waals surface area contributed by atoms with Gasteiger partial charge in [-0.25, -0.2) is 4.98 Å². The number of benzene rings is 1. The maximum absolute atomic E-state index is 6.08. The van der Waals surface area contributed by atoms with Gasteiger partial charge >= 0.3 is 0 Å². The smallest absolute Gasteiger partial charge is 0.161 e. The van der Waals surface area contributed by atoms with Crippen LogP contribution in [0.4, 0.5) is 5.69 Å². The molecule has 2 aromatic heterocycles. The highest BCUT2D eigenvalue weighted by atomic mass is 15.0. The van der Waals surface area contributed by atoms with E-state index in [0.717, 1.165) is 28.3 Å². The Kier molecular flexibility index (Phi) is 3.24. The first kappa shape index (κ1) is 14.6. The molecule has 0 saturated carbocycles. The van der Waals surface area contributed by atoms with E-state index in [1.165, 1.54) is 5.56 Å². The Bertz CT molecular complexity index is 834. The number of anilines is 1. The van der Waals surface area contributed by atoms with Crippen molar-refractivity contribution < 1.29 is 0 Å². The van der Waals surface area contributed by atoms with Gasteiger partial charge in [0.2, 0.25) is 0 Å². The molecule has 0 fully saturated rings. The molecule has 0 amide bonds. The minimum atomic E-state index is 0.160. The van der Waals surface area contributed by atoms with Gasteiger partial charge < -0.3 is 5.73 Å². The number of pyridine rings is 1. The highest BCUT2D eigenvalue weighted by molar-refractivity contribution is 5.74. The van der Waals surface area contributed by atoms with Gasteiger partial charge in [-0.2, -0.15) is 0 Å². The van der Waals surface area contributed by atoms with Crippen LogP contribution in [0, 0.1) is 13.8 Å². The molecule has 3 rings (SSSR count). The number of aromatic nitrogens is 2. The standard InChI is InChI=1S/C19H23N3/c1-12-6-11-16(20)18-21-17(13(2)22(12)18)14-7-9-15(10-8-14)19(3,4)5/h6-11H,20H2,1-5H3. The number of nitrogen functional groups attached to an aromatic ring is 1. The van der Waals surface area contributed by atoms with Gasteiger partial charge in [-0.05, 0) is 37.0 Å². The topological polar surface area (TPSA) is 43.3 Å². The molecule has 0 aliphatic rings. The van der Waals surface area contributed by atoms with Gasteiger partial charge in [0.15, 0.2) is 5.65 Å². The van der Waals surface area contributed by atoms with Crippen LogP contribution in [-0.2, 0) is 5.41 Å². The summed E-state index contributed by atoms with van der Waals surface area (Å²) in [5.74, 6) is 0. The second kappa shape index (κ2) is 4.87. The lowest BCUT2D eigenvalue weighted by Gasteiger charge is -2.19. The number of nitrogens with two attached hydrogens (primary N) is 1. The Hall–Kier alpha value is -2.29. The van der Waals surface area contributed by atoms with Crippen LogP contribution >= 0.6 is 0 Å². The molecule has 0 bridgehead atoms. The first-order valence-corrected chi connectivity index (χ1v) is 7.64. The van der Waals surface area contributed by atoms with Gasteiger partial charge in [-0.3, -0.25) is 4.40 Å². The first-order chi connectivity index (χ1) is 10.3. The molecule has 114 valence electrons. The predicted molar refractivity (Wildman–Crippen MR) is 93.2 cm³/mol. The van der Waals surface area contributed by atoms with Crippen LogP contribution < -0.4 is 5.73 Å². The lowest BCUT2D eigenvalue weighted by Crippen LogP contribution is -2.10. The van der Waals surface area contributed by atoms with Crippen molar-refractivity contribution in [1.29, 1.82) is 0 Å². The van der Waals surface area contributed by atoms with E-state index < -0.39 is 0 Å². The third-order valence-corrected chi connectivity index (χ3v) is 4.25. The fourth-order valence-electron chi connectivity index (χ4n) is 2.89. The van der Waals surface area contributed by atoms with Crippen LogP contribution in [-0.4, -0.2) is 9.38 Å². The maximum Gasteiger partial charge on any atom is 0.161 e. The summed E-state index contributed by atoms with van der Waals surface area (Å²) >= 11 is 0. The quantitative estimate of drug-likeness (QED) is 0.718. The minimum absolute atomic E-state index is 0.160. The van der Waals surface area contributed by atoms with Crippen molar-refractivity contribution in [2.45, 2.75) is 40.0 Å². The fourth-order valence-corrected chi connectivity index (χ4v) is 2.89. The Balaban J connectivity index is 2.17. The van der Waals surface area contributed by atoms with Crippen molar-refractivity contribution >= 4 is 11.3 Å². The lowest BCUT2D eigenvalue weighted by molar-refractivity contribution is 0.590. The molecule has 22 heavy (non-hydrogen) atoms. The van der Waals surface area contributed by atoms with Crippen LogP contribution in [0.1, 0.15) is 37.7 Å². The number of hydrogen-bond acceptors (Lipinski definition) is 2. The van der Waals surface area contributed by atoms with Crippen LogP contribution in [0.5, 0.6) is 0 Å². The summed E-state index contributed by atoms with van der Waals surface area (Å²) in [5, 5.41) is 0. The summed E-state index contributed by atoms with van der Waals surface area (Å²) in [6, 6.07) is 12.6. The van der Waals surface area contributed by atoms with Gasteiger partial charge in [0.1, 0.15) is 0 Å². The number of aryl methyl sites for hydroxylation is 2. The molecular weight excluding hydrogens is 270 g/mol. The zero-order valence-corrected chi connectivity index (χ0v) is 13.9. The molecule has 0 atom stereocenters. The molecular formula is C19H23N3. The fraction of sp³-hybridized carbons (Fsp3) is 0.316. The van der Waals surface area contributed by atoms with E-state index in [1.54, 1.807) is 0 Å². The Morgan fingerprint density at radius 1 is 0.955 bits per heavy atom. The molecule has 3 aromatic rings. The number of rotatable bonds is 1. The Morgan fingerprint density at radius 2 is 1.59 bits per heavy atom. The number of nitrogens with zero attached hydrogens (tertiary/aromatic N) is 2. The lowest BCUT2D eigenvalue weighted by atomic mass is 9.86. The van der Waals surface area contributed by atoms with Crippen molar-refractivity contribution in [3.63, 3.8) is 0 Å². The summed E-state index contributed by atoms with van der Waals surface area (Å²) in [5.41, 5.74) is 13.5. The average molecular weight is 293 g/mol. The largest absolute Gasteiger partial charge is 0.396 e. The van der Waals surface area contributed by atoms with Crippen molar-refractivity contribution in [1.82, 2.24) is 9.38 Å². The number of hydrogen-bond donors (Lipinski definition) is 1. The molecule has 0 aliphatic heterocycles. The normalized spacial score (nSPS) is 12.0. The minimum Gasteiger partial charge on any atom is -0.396 e. The van der Waals surface area contributed by atoms with Crippen molar-refractivity contribution in [2.24, 2.45) is 0 Å². The van der Waals surface area contributed by atoms with E-state index in [2.05, 4.69) is 63.3 Å². The highest BCUT2D eigenvalue weighted by Crippen LogP contribution is 2.29. The molecule has 0 spiro atoms. The van der Waals surface area contributed by atoms with Crippen LogP contribution in [0.2, 0.25) is 0 Å². The van der Waals surface area contributed by atoms with E-state index in [4.69, 9.17) is 10.7 Å². The van der Waals surface area contributed by atoms with Gasteiger partial charge in [-0.1, -0.05) is 45.0 Å². The van der Waals surface area contributed by atoms with E-state index in [9.17, 15) is 0 Å². The Labute approximate surface area is 131 Å². The molecule has 0 unspecified atom stereocenters. The molecule has 3 nitrogen and oxygen atoms in total.